The van der Waals surface area contributed by atoms with E-state index in [4.69, 9.17) is 22.1 Å². The standard InChI is InChI=1S/C12H17ClN2O2/c1-3-8(7-17-2)15-9-4-5-11(13)10(6-9)12(14)16/h4-6,8,15H,3,7H2,1-2H3,(H2,14,16). The molecular formula is C12H17ClN2O2. The molecule has 0 bridgehead atoms. The number of nitrogens with two attached hydrogens (primary N) is 1. The summed E-state index contributed by atoms with van der Waals surface area (Å²) < 4.78 is 5.09. The Hall–Kier alpha value is -1.26. The Bertz CT molecular complexity index is 396. The van der Waals surface area contributed by atoms with Gasteiger partial charge in [0.05, 0.1) is 17.2 Å². The third-order valence-corrected chi connectivity index (χ3v) is 2.79. The molecule has 0 saturated heterocycles. The molecule has 0 spiro atoms. The van der Waals surface area contributed by atoms with Crippen molar-refractivity contribution >= 4 is 23.2 Å². The van der Waals surface area contributed by atoms with Gasteiger partial charge in [-0.1, -0.05) is 18.5 Å². The summed E-state index contributed by atoms with van der Waals surface area (Å²) in [6, 6.07) is 5.32. The van der Waals surface area contributed by atoms with Gasteiger partial charge in [0.15, 0.2) is 0 Å². The number of ether oxygens (including phenoxy) is 1. The van der Waals surface area contributed by atoms with Crippen molar-refractivity contribution in [3.05, 3.63) is 28.8 Å². The number of carbonyl (C=O) groups excluding carboxylic acids is 1. The Balaban J connectivity index is 2.84. The monoisotopic (exact) mass is 256 g/mol. The molecule has 1 rings (SSSR count). The highest BCUT2D eigenvalue weighted by atomic mass is 35.5. The molecule has 0 fully saturated rings. The summed E-state index contributed by atoms with van der Waals surface area (Å²) in [7, 11) is 1.65. The van der Waals surface area contributed by atoms with Crippen molar-refractivity contribution in [2.24, 2.45) is 5.73 Å². The van der Waals surface area contributed by atoms with Crippen LogP contribution in [0.25, 0.3) is 0 Å². The van der Waals surface area contributed by atoms with Crippen molar-refractivity contribution in [2.45, 2.75) is 19.4 Å². The van der Waals surface area contributed by atoms with Gasteiger partial charge in [-0.2, -0.15) is 0 Å². The number of anilines is 1. The van der Waals surface area contributed by atoms with Crippen LogP contribution in [0.3, 0.4) is 0 Å². The Morgan fingerprint density at radius 1 is 1.59 bits per heavy atom. The minimum Gasteiger partial charge on any atom is -0.383 e. The van der Waals surface area contributed by atoms with E-state index in [0.717, 1.165) is 12.1 Å². The Kier molecular flexibility index (Phi) is 5.25. The Labute approximate surface area is 106 Å². The minimum absolute atomic E-state index is 0.196. The molecule has 0 aliphatic rings. The fraction of sp³-hybridized carbons (Fsp3) is 0.417. The number of primary amides is 1. The second-order valence-electron chi connectivity index (χ2n) is 3.76. The highest BCUT2D eigenvalue weighted by Crippen LogP contribution is 2.21. The quantitative estimate of drug-likeness (QED) is 0.821. The molecule has 1 atom stereocenters. The van der Waals surface area contributed by atoms with Crippen LogP contribution in [0.5, 0.6) is 0 Å². The average Bonchev–Trinajstić information content (AvgIpc) is 2.30. The topological polar surface area (TPSA) is 64.3 Å². The van der Waals surface area contributed by atoms with E-state index in [9.17, 15) is 4.79 Å². The largest absolute Gasteiger partial charge is 0.383 e. The van der Waals surface area contributed by atoms with E-state index in [1.807, 2.05) is 6.07 Å². The summed E-state index contributed by atoms with van der Waals surface area (Å²) in [5, 5.41) is 3.62. The average molecular weight is 257 g/mol. The lowest BCUT2D eigenvalue weighted by Gasteiger charge is -2.17. The summed E-state index contributed by atoms with van der Waals surface area (Å²) >= 11 is 5.87. The van der Waals surface area contributed by atoms with Gasteiger partial charge in [-0.25, -0.2) is 0 Å². The van der Waals surface area contributed by atoms with Crippen LogP contribution in [0, 0.1) is 0 Å². The zero-order chi connectivity index (χ0) is 12.8. The molecule has 0 heterocycles. The number of benzene rings is 1. The van der Waals surface area contributed by atoms with E-state index >= 15 is 0 Å². The van der Waals surface area contributed by atoms with Gasteiger partial charge in [0.2, 0.25) is 5.91 Å². The number of nitrogens with one attached hydrogen (secondary N) is 1. The fourth-order valence-electron chi connectivity index (χ4n) is 1.50. The van der Waals surface area contributed by atoms with E-state index < -0.39 is 5.91 Å². The SMILES string of the molecule is CCC(COC)Nc1ccc(Cl)c(C(N)=O)c1. The van der Waals surface area contributed by atoms with Gasteiger partial charge in [-0.3, -0.25) is 4.79 Å². The van der Waals surface area contributed by atoms with Gasteiger partial charge < -0.3 is 15.8 Å². The zero-order valence-electron chi connectivity index (χ0n) is 10.00. The highest BCUT2D eigenvalue weighted by Gasteiger charge is 2.10. The van der Waals surface area contributed by atoms with Crippen molar-refractivity contribution in [3.8, 4) is 0 Å². The number of halogens is 1. The maximum absolute atomic E-state index is 11.1. The summed E-state index contributed by atoms with van der Waals surface area (Å²) in [4.78, 5) is 11.1. The van der Waals surface area contributed by atoms with Crippen LogP contribution in [0.15, 0.2) is 18.2 Å². The smallest absolute Gasteiger partial charge is 0.250 e. The van der Waals surface area contributed by atoms with Crippen LogP contribution in [0.2, 0.25) is 5.02 Å². The molecule has 1 unspecified atom stereocenters. The number of methoxy groups -OCH3 is 1. The maximum atomic E-state index is 11.1. The van der Waals surface area contributed by atoms with Crippen molar-refractivity contribution in [3.63, 3.8) is 0 Å². The van der Waals surface area contributed by atoms with E-state index in [2.05, 4.69) is 12.2 Å². The van der Waals surface area contributed by atoms with Crippen LogP contribution >= 0.6 is 11.6 Å². The van der Waals surface area contributed by atoms with Crippen molar-refractivity contribution in [1.82, 2.24) is 0 Å². The summed E-state index contributed by atoms with van der Waals surface area (Å²) in [5.41, 5.74) is 6.36. The van der Waals surface area contributed by atoms with Crippen LogP contribution in [-0.2, 0) is 4.74 Å². The predicted octanol–water partition coefficient (Wildman–Crippen LogP) is 2.28. The molecule has 4 nitrogen and oxygen atoms in total. The molecular weight excluding hydrogens is 240 g/mol. The normalized spacial score (nSPS) is 12.2. The summed E-state index contributed by atoms with van der Waals surface area (Å²) in [6.07, 6.45) is 0.919. The highest BCUT2D eigenvalue weighted by molar-refractivity contribution is 6.33. The number of hydrogen-bond donors (Lipinski definition) is 2. The van der Waals surface area contributed by atoms with Crippen LogP contribution in [0.4, 0.5) is 5.69 Å². The molecule has 94 valence electrons. The second kappa shape index (κ2) is 6.47. The number of carbonyl (C=O) groups is 1. The third-order valence-electron chi connectivity index (χ3n) is 2.46. The second-order valence-corrected chi connectivity index (χ2v) is 4.17. The molecule has 0 radical (unpaired) electrons. The van der Waals surface area contributed by atoms with Gasteiger partial charge in [0.25, 0.3) is 0 Å². The fourth-order valence-corrected chi connectivity index (χ4v) is 1.71. The van der Waals surface area contributed by atoms with Crippen LogP contribution < -0.4 is 11.1 Å². The van der Waals surface area contributed by atoms with Crippen molar-refractivity contribution in [2.75, 3.05) is 19.0 Å². The lowest BCUT2D eigenvalue weighted by Crippen LogP contribution is -2.24. The summed E-state index contributed by atoms with van der Waals surface area (Å²) in [5.74, 6) is -0.529. The molecule has 5 heteroatoms. The number of rotatable bonds is 6. The Morgan fingerprint density at radius 2 is 2.29 bits per heavy atom. The first-order chi connectivity index (χ1) is 8.08. The van der Waals surface area contributed by atoms with Crippen molar-refractivity contribution in [1.29, 1.82) is 0 Å². The molecule has 0 aliphatic carbocycles. The minimum atomic E-state index is -0.529. The predicted molar refractivity (Wildman–Crippen MR) is 69.5 cm³/mol. The van der Waals surface area contributed by atoms with Gasteiger partial charge in [0.1, 0.15) is 0 Å². The van der Waals surface area contributed by atoms with Gasteiger partial charge >= 0.3 is 0 Å². The van der Waals surface area contributed by atoms with E-state index in [0.29, 0.717) is 17.2 Å². The third kappa shape index (κ3) is 3.91. The first-order valence-electron chi connectivity index (χ1n) is 5.43. The number of hydrogen-bond acceptors (Lipinski definition) is 3. The molecule has 17 heavy (non-hydrogen) atoms. The molecule has 0 saturated carbocycles. The van der Waals surface area contributed by atoms with Crippen LogP contribution in [0.1, 0.15) is 23.7 Å². The molecule has 0 aromatic heterocycles. The molecule has 1 amide bonds. The molecule has 1 aromatic carbocycles. The molecule has 1 aromatic rings. The molecule has 3 N–H and O–H groups in total. The first kappa shape index (κ1) is 13.8. The zero-order valence-corrected chi connectivity index (χ0v) is 10.8. The molecule has 0 aliphatic heterocycles. The maximum Gasteiger partial charge on any atom is 0.250 e. The lowest BCUT2D eigenvalue weighted by atomic mass is 10.1. The van der Waals surface area contributed by atoms with Crippen LogP contribution in [-0.4, -0.2) is 25.7 Å². The summed E-state index contributed by atoms with van der Waals surface area (Å²) in [6.45, 7) is 2.66. The van der Waals surface area contributed by atoms with E-state index in [1.54, 1.807) is 19.2 Å². The van der Waals surface area contributed by atoms with Gasteiger partial charge in [-0.15, -0.1) is 0 Å². The lowest BCUT2D eigenvalue weighted by molar-refractivity contribution is 0.100. The Morgan fingerprint density at radius 3 is 2.82 bits per heavy atom. The van der Waals surface area contributed by atoms with E-state index in [-0.39, 0.29) is 6.04 Å². The van der Waals surface area contributed by atoms with Gasteiger partial charge in [0, 0.05) is 18.8 Å². The van der Waals surface area contributed by atoms with Gasteiger partial charge in [-0.05, 0) is 24.6 Å². The number of amides is 1. The first-order valence-corrected chi connectivity index (χ1v) is 5.81. The van der Waals surface area contributed by atoms with Crippen molar-refractivity contribution < 1.29 is 9.53 Å². The van der Waals surface area contributed by atoms with E-state index in [1.165, 1.54) is 0 Å².